The second kappa shape index (κ2) is 6.68. The van der Waals surface area contributed by atoms with Crippen molar-refractivity contribution >= 4 is 0 Å². The Morgan fingerprint density at radius 1 is 1.19 bits per heavy atom. The number of pyridine rings is 1. The molecular formula is C17H21FN2O. The number of halogens is 1. The molecule has 0 amide bonds. The molecule has 112 valence electrons. The van der Waals surface area contributed by atoms with Crippen molar-refractivity contribution in [2.75, 3.05) is 0 Å². The van der Waals surface area contributed by atoms with Crippen molar-refractivity contribution in [3.8, 4) is 11.5 Å². The van der Waals surface area contributed by atoms with Gasteiger partial charge in [-0.15, -0.1) is 0 Å². The zero-order valence-corrected chi connectivity index (χ0v) is 12.9. The number of nitrogens with one attached hydrogen (secondary N) is 1. The molecule has 1 N–H and O–H groups in total. The van der Waals surface area contributed by atoms with E-state index in [9.17, 15) is 4.39 Å². The van der Waals surface area contributed by atoms with Crippen LogP contribution in [0.25, 0.3) is 0 Å². The van der Waals surface area contributed by atoms with Gasteiger partial charge in [0.2, 0.25) is 0 Å². The molecule has 0 saturated carbocycles. The molecule has 1 aromatic carbocycles. The Kier molecular flexibility index (Phi) is 4.91. The molecule has 0 saturated heterocycles. The van der Waals surface area contributed by atoms with Crippen LogP contribution in [0.5, 0.6) is 11.5 Å². The number of aromatic nitrogens is 1. The first-order valence-electron chi connectivity index (χ1n) is 7.08. The number of ether oxygens (including phenoxy) is 1. The van der Waals surface area contributed by atoms with Gasteiger partial charge in [0.15, 0.2) is 0 Å². The number of nitrogens with zero attached hydrogens (tertiary/aromatic N) is 1. The van der Waals surface area contributed by atoms with E-state index in [2.05, 4.69) is 24.1 Å². The topological polar surface area (TPSA) is 34.1 Å². The normalized spacial score (nSPS) is 11.0. The van der Waals surface area contributed by atoms with Crippen molar-refractivity contribution in [1.29, 1.82) is 0 Å². The molecule has 0 unspecified atom stereocenters. The van der Waals surface area contributed by atoms with Crippen molar-refractivity contribution in [2.45, 2.75) is 40.3 Å². The summed E-state index contributed by atoms with van der Waals surface area (Å²) in [5.41, 5.74) is 2.72. The van der Waals surface area contributed by atoms with E-state index in [-0.39, 0.29) is 5.82 Å². The third-order valence-electron chi connectivity index (χ3n) is 3.15. The highest BCUT2D eigenvalue weighted by atomic mass is 19.1. The van der Waals surface area contributed by atoms with Gasteiger partial charge in [0.05, 0.1) is 0 Å². The number of hydrogen-bond acceptors (Lipinski definition) is 3. The van der Waals surface area contributed by atoms with Gasteiger partial charge >= 0.3 is 0 Å². The van der Waals surface area contributed by atoms with E-state index in [1.807, 2.05) is 19.9 Å². The smallest absolute Gasteiger partial charge is 0.135 e. The zero-order valence-electron chi connectivity index (χ0n) is 12.9. The molecule has 0 spiro atoms. The van der Waals surface area contributed by atoms with E-state index in [0.717, 1.165) is 16.8 Å². The minimum Gasteiger partial charge on any atom is -0.457 e. The Morgan fingerprint density at radius 2 is 1.95 bits per heavy atom. The lowest BCUT2D eigenvalue weighted by molar-refractivity contribution is 0.459. The second-order valence-corrected chi connectivity index (χ2v) is 5.48. The van der Waals surface area contributed by atoms with Crippen LogP contribution in [0.2, 0.25) is 0 Å². The Balaban J connectivity index is 2.29. The van der Waals surface area contributed by atoms with Crippen LogP contribution in [0.4, 0.5) is 4.39 Å². The summed E-state index contributed by atoms with van der Waals surface area (Å²) in [7, 11) is 0. The van der Waals surface area contributed by atoms with Crippen molar-refractivity contribution in [1.82, 2.24) is 10.3 Å². The van der Waals surface area contributed by atoms with Gasteiger partial charge in [0.25, 0.3) is 0 Å². The Labute approximate surface area is 125 Å². The monoisotopic (exact) mass is 288 g/mol. The summed E-state index contributed by atoms with van der Waals surface area (Å²) in [5.74, 6) is 0.944. The standard InChI is InChI=1S/C17H21FN2O/c1-11(2)19-9-14-10-20-13(4)7-17(14)21-16-8-15(18)6-5-12(16)3/h5-8,10-11,19H,9H2,1-4H3. The van der Waals surface area contributed by atoms with Crippen molar-refractivity contribution in [3.05, 3.63) is 53.1 Å². The van der Waals surface area contributed by atoms with Gasteiger partial charge in [-0.3, -0.25) is 4.98 Å². The molecule has 1 heterocycles. The predicted octanol–water partition coefficient (Wildman–Crippen LogP) is 4.13. The van der Waals surface area contributed by atoms with Gasteiger partial charge in [-0.25, -0.2) is 4.39 Å². The maximum absolute atomic E-state index is 13.4. The van der Waals surface area contributed by atoms with Crippen LogP contribution in [0.15, 0.2) is 30.5 Å². The molecule has 3 nitrogen and oxygen atoms in total. The highest BCUT2D eigenvalue weighted by Crippen LogP contribution is 2.28. The maximum atomic E-state index is 13.4. The molecule has 0 bridgehead atoms. The van der Waals surface area contributed by atoms with Crippen LogP contribution in [0, 0.1) is 19.7 Å². The van der Waals surface area contributed by atoms with Crippen LogP contribution in [0.3, 0.4) is 0 Å². The largest absolute Gasteiger partial charge is 0.457 e. The quantitative estimate of drug-likeness (QED) is 0.898. The minimum atomic E-state index is -0.303. The summed E-state index contributed by atoms with van der Waals surface area (Å²) in [6, 6.07) is 6.80. The van der Waals surface area contributed by atoms with Crippen LogP contribution in [-0.2, 0) is 6.54 Å². The molecular weight excluding hydrogens is 267 g/mol. The van der Waals surface area contributed by atoms with E-state index >= 15 is 0 Å². The molecule has 0 aliphatic heterocycles. The number of hydrogen-bond donors (Lipinski definition) is 1. The number of aryl methyl sites for hydroxylation is 2. The lowest BCUT2D eigenvalue weighted by atomic mass is 10.2. The van der Waals surface area contributed by atoms with E-state index in [1.54, 1.807) is 12.3 Å². The third-order valence-corrected chi connectivity index (χ3v) is 3.15. The summed E-state index contributed by atoms with van der Waals surface area (Å²) in [6.07, 6.45) is 1.80. The van der Waals surface area contributed by atoms with Crippen LogP contribution in [-0.4, -0.2) is 11.0 Å². The molecule has 21 heavy (non-hydrogen) atoms. The van der Waals surface area contributed by atoms with Gasteiger partial charge in [-0.05, 0) is 25.5 Å². The average molecular weight is 288 g/mol. The minimum absolute atomic E-state index is 0.303. The van der Waals surface area contributed by atoms with Crippen LogP contribution >= 0.6 is 0 Å². The van der Waals surface area contributed by atoms with Gasteiger partial charge in [-0.2, -0.15) is 0 Å². The van der Waals surface area contributed by atoms with Crippen molar-refractivity contribution < 1.29 is 9.13 Å². The van der Waals surface area contributed by atoms with E-state index in [4.69, 9.17) is 4.74 Å². The molecule has 2 rings (SSSR count). The highest BCUT2D eigenvalue weighted by Gasteiger charge is 2.09. The first kappa shape index (κ1) is 15.4. The Morgan fingerprint density at radius 3 is 2.67 bits per heavy atom. The maximum Gasteiger partial charge on any atom is 0.135 e. The molecule has 0 atom stereocenters. The highest BCUT2D eigenvalue weighted by molar-refractivity contribution is 5.41. The van der Waals surface area contributed by atoms with Gasteiger partial charge < -0.3 is 10.1 Å². The van der Waals surface area contributed by atoms with Crippen LogP contribution < -0.4 is 10.1 Å². The average Bonchev–Trinajstić information content (AvgIpc) is 2.42. The van der Waals surface area contributed by atoms with Crippen LogP contribution in [0.1, 0.15) is 30.7 Å². The van der Waals surface area contributed by atoms with Gasteiger partial charge in [0.1, 0.15) is 17.3 Å². The lowest BCUT2D eigenvalue weighted by Gasteiger charge is -2.15. The number of benzene rings is 1. The van der Waals surface area contributed by atoms with Gasteiger partial charge in [-0.1, -0.05) is 19.9 Å². The summed E-state index contributed by atoms with van der Waals surface area (Å²) >= 11 is 0. The molecule has 0 aliphatic carbocycles. The fourth-order valence-corrected chi connectivity index (χ4v) is 1.91. The summed E-state index contributed by atoms with van der Waals surface area (Å²) in [4.78, 5) is 4.31. The first-order chi connectivity index (χ1) is 9.95. The summed E-state index contributed by atoms with van der Waals surface area (Å²) in [6.45, 7) is 8.63. The van der Waals surface area contributed by atoms with Gasteiger partial charge in [0, 0.05) is 42.2 Å². The van der Waals surface area contributed by atoms with E-state index in [0.29, 0.717) is 24.1 Å². The predicted molar refractivity (Wildman–Crippen MR) is 82.2 cm³/mol. The molecule has 2 aromatic rings. The molecule has 0 fully saturated rings. The number of rotatable bonds is 5. The van der Waals surface area contributed by atoms with Crippen molar-refractivity contribution in [3.63, 3.8) is 0 Å². The summed E-state index contributed by atoms with van der Waals surface area (Å²) in [5, 5.41) is 3.34. The molecule has 0 aliphatic rings. The van der Waals surface area contributed by atoms with Crippen molar-refractivity contribution in [2.24, 2.45) is 0 Å². The Bertz CT molecular complexity index is 626. The van der Waals surface area contributed by atoms with E-state index < -0.39 is 0 Å². The second-order valence-electron chi connectivity index (χ2n) is 5.48. The molecule has 0 radical (unpaired) electrons. The Hall–Kier alpha value is -1.94. The third kappa shape index (κ3) is 4.26. The SMILES string of the molecule is Cc1cc(Oc2cc(F)ccc2C)c(CNC(C)C)cn1. The fourth-order valence-electron chi connectivity index (χ4n) is 1.91. The molecule has 1 aromatic heterocycles. The molecule has 4 heteroatoms. The van der Waals surface area contributed by atoms with E-state index in [1.165, 1.54) is 12.1 Å². The summed E-state index contributed by atoms with van der Waals surface area (Å²) < 4.78 is 19.3. The first-order valence-corrected chi connectivity index (χ1v) is 7.08. The zero-order chi connectivity index (χ0) is 15.4. The fraction of sp³-hybridized carbons (Fsp3) is 0.353. The lowest BCUT2D eigenvalue weighted by Crippen LogP contribution is -2.22.